The van der Waals surface area contributed by atoms with Gasteiger partial charge in [0.2, 0.25) is 0 Å². The summed E-state index contributed by atoms with van der Waals surface area (Å²) in [6, 6.07) is 23.1. The van der Waals surface area contributed by atoms with Gasteiger partial charge in [-0.25, -0.2) is 9.59 Å². The maximum absolute atomic E-state index is 12.5. The number of benzene rings is 3. The Morgan fingerprint density at radius 3 is 2.23 bits per heavy atom. The van der Waals surface area contributed by atoms with Crippen molar-refractivity contribution in [1.29, 1.82) is 0 Å². The summed E-state index contributed by atoms with van der Waals surface area (Å²) in [6.07, 6.45) is 0.774. The lowest BCUT2D eigenvalue weighted by Gasteiger charge is -2.09. The van der Waals surface area contributed by atoms with Gasteiger partial charge >= 0.3 is 11.9 Å². The zero-order valence-corrected chi connectivity index (χ0v) is 17.3. The first-order chi connectivity index (χ1) is 15.2. The molecule has 0 N–H and O–H groups in total. The number of carbonyl (C=O) groups is 2. The van der Waals surface area contributed by atoms with Gasteiger partial charge in [0.25, 0.3) is 0 Å². The predicted octanol–water partition coefficient (Wildman–Crippen LogP) is 4.33. The molecule has 0 heterocycles. The number of hydrogen-bond donors (Lipinski definition) is 0. The molecule has 0 aliphatic heterocycles. The minimum Gasteiger partial charge on any atom is -0.493 e. The fourth-order valence-corrected chi connectivity index (χ4v) is 2.77. The third-order valence-corrected chi connectivity index (χ3v) is 4.39. The Hall–Kier alpha value is -3.64. The van der Waals surface area contributed by atoms with Crippen LogP contribution in [0.15, 0.2) is 78.9 Å². The van der Waals surface area contributed by atoms with Crippen molar-refractivity contribution in [3.05, 3.63) is 95.6 Å². The van der Waals surface area contributed by atoms with Gasteiger partial charge in [-0.05, 0) is 48.0 Å². The van der Waals surface area contributed by atoms with Crippen LogP contribution >= 0.6 is 0 Å². The third-order valence-electron chi connectivity index (χ3n) is 4.39. The highest BCUT2D eigenvalue weighted by atomic mass is 16.6. The van der Waals surface area contributed by atoms with E-state index in [4.69, 9.17) is 18.9 Å². The molecule has 6 nitrogen and oxygen atoms in total. The summed E-state index contributed by atoms with van der Waals surface area (Å²) in [5, 5.41) is 0. The molecule has 0 aromatic heterocycles. The highest BCUT2D eigenvalue weighted by Gasteiger charge is 2.12. The van der Waals surface area contributed by atoms with Crippen LogP contribution in [0, 0.1) is 0 Å². The molecule has 0 atom stereocenters. The number of esters is 2. The smallest absolute Gasteiger partial charge is 0.343 e. The number of rotatable bonds is 10. The lowest BCUT2D eigenvalue weighted by molar-refractivity contribution is 0.0388. The SMILES string of the molecule is COCCOC(=O)c1ccc(OC(=O)c2cccc(OCCc3ccccc3)c2)cc1. The van der Waals surface area contributed by atoms with E-state index in [1.54, 1.807) is 48.5 Å². The van der Waals surface area contributed by atoms with Crippen LogP contribution in [-0.2, 0) is 15.9 Å². The van der Waals surface area contributed by atoms with Crippen molar-refractivity contribution in [2.45, 2.75) is 6.42 Å². The molecule has 0 bridgehead atoms. The first-order valence-electron chi connectivity index (χ1n) is 9.91. The van der Waals surface area contributed by atoms with Crippen molar-refractivity contribution in [3.63, 3.8) is 0 Å². The number of methoxy groups -OCH3 is 1. The summed E-state index contributed by atoms with van der Waals surface area (Å²) >= 11 is 0. The van der Waals surface area contributed by atoms with Gasteiger partial charge in [0.15, 0.2) is 0 Å². The number of hydrogen-bond acceptors (Lipinski definition) is 6. The van der Waals surface area contributed by atoms with Gasteiger partial charge in [-0.3, -0.25) is 0 Å². The zero-order chi connectivity index (χ0) is 21.9. The highest BCUT2D eigenvalue weighted by molar-refractivity contribution is 5.92. The van der Waals surface area contributed by atoms with Crippen molar-refractivity contribution < 1.29 is 28.5 Å². The number of carbonyl (C=O) groups excluding carboxylic acids is 2. The Labute approximate surface area is 181 Å². The van der Waals surface area contributed by atoms with Gasteiger partial charge in [0, 0.05) is 13.5 Å². The second-order valence-corrected chi connectivity index (χ2v) is 6.65. The molecule has 3 rings (SSSR count). The summed E-state index contributed by atoms with van der Waals surface area (Å²) in [6.45, 7) is 1.01. The summed E-state index contributed by atoms with van der Waals surface area (Å²) in [4.78, 5) is 24.4. The molecule has 3 aromatic carbocycles. The molecule has 0 fully saturated rings. The summed E-state index contributed by atoms with van der Waals surface area (Å²) < 4.78 is 21.0. The van der Waals surface area contributed by atoms with Gasteiger partial charge < -0.3 is 18.9 Å². The van der Waals surface area contributed by atoms with Crippen LogP contribution in [0.5, 0.6) is 11.5 Å². The molecule has 0 saturated heterocycles. The first-order valence-corrected chi connectivity index (χ1v) is 9.91. The Bertz CT molecular complexity index is 982. The number of ether oxygens (including phenoxy) is 4. The highest BCUT2D eigenvalue weighted by Crippen LogP contribution is 2.18. The average Bonchev–Trinajstić information content (AvgIpc) is 2.80. The van der Waals surface area contributed by atoms with Crippen molar-refractivity contribution in [3.8, 4) is 11.5 Å². The largest absolute Gasteiger partial charge is 0.493 e. The lowest BCUT2D eigenvalue weighted by atomic mass is 10.2. The minimum atomic E-state index is -0.510. The maximum Gasteiger partial charge on any atom is 0.343 e. The van der Waals surface area contributed by atoms with Crippen molar-refractivity contribution in [1.82, 2.24) is 0 Å². The fourth-order valence-electron chi connectivity index (χ4n) is 2.77. The quantitative estimate of drug-likeness (QED) is 0.276. The second kappa shape index (κ2) is 11.5. The molecule has 3 aromatic rings. The van der Waals surface area contributed by atoms with E-state index in [0.717, 1.165) is 6.42 Å². The summed E-state index contributed by atoms with van der Waals surface area (Å²) in [7, 11) is 1.53. The predicted molar refractivity (Wildman–Crippen MR) is 116 cm³/mol. The van der Waals surface area contributed by atoms with E-state index in [2.05, 4.69) is 0 Å². The van der Waals surface area contributed by atoms with E-state index >= 15 is 0 Å². The molecule has 160 valence electrons. The molecule has 0 saturated carbocycles. The molecular formula is C25H24O6. The monoisotopic (exact) mass is 420 g/mol. The average molecular weight is 420 g/mol. The maximum atomic E-state index is 12.5. The molecule has 0 aliphatic carbocycles. The van der Waals surface area contributed by atoms with E-state index in [9.17, 15) is 9.59 Å². The molecular weight excluding hydrogens is 396 g/mol. The van der Waals surface area contributed by atoms with Crippen molar-refractivity contribution >= 4 is 11.9 Å². The Morgan fingerprint density at radius 1 is 0.710 bits per heavy atom. The van der Waals surface area contributed by atoms with Crippen molar-refractivity contribution in [2.24, 2.45) is 0 Å². The Kier molecular flexibility index (Phi) is 8.20. The van der Waals surface area contributed by atoms with Crippen LogP contribution in [0.4, 0.5) is 0 Å². The summed E-state index contributed by atoms with van der Waals surface area (Å²) in [5.74, 6) is -0.0485. The molecule has 6 heteroatoms. The van der Waals surface area contributed by atoms with Crippen LogP contribution < -0.4 is 9.47 Å². The van der Waals surface area contributed by atoms with Crippen molar-refractivity contribution in [2.75, 3.05) is 26.9 Å². The fraction of sp³-hybridized carbons (Fsp3) is 0.200. The third kappa shape index (κ3) is 6.97. The normalized spacial score (nSPS) is 10.4. The second-order valence-electron chi connectivity index (χ2n) is 6.65. The van der Waals surface area contributed by atoms with Crippen LogP contribution in [0.3, 0.4) is 0 Å². The van der Waals surface area contributed by atoms with Crippen LogP contribution in [0.25, 0.3) is 0 Å². The van der Waals surface area contributed by atoms with Crippen LogP contribution in [0.1, 0.15) is 26.3 Å². The van der Waals surface area contributed by atoms with Gasteiger partial charge in [-0.2, -0.15) is 0 Å². The molecule has 0 spiro atoms. The standard InChI is InChI=1S/C25H24O6/c1-28-16-17-30-24(26)20-10-12-22(13-11-20)31-25(27)21-8-5-9-23(18-21)29-15-14-19-6-3-2-4-7-19/h2-13,18H,14-17H2,1H3. The minimum absolute atomic E-state index is 0.176. The Morgan fingerprint density at radius 2 is 1.48 bits per heavy atom. The van der Waals surface area contributed by atoms with E-state index in [-0.39, 0.29) is 6.61 Å². The van der Waals surface area contributed by atoms with E-state index < -0.39 is 11.9 Å². The molecule has 0 amide bonds. The van der Waals surface area contributed by atoms with Crippen LogP contribution in [0.2, 0.25) is 0 Å². The molecule has 0 aliphatic rings. The topological polar surface area (TPSA) is 71.1 Å². The van der Waals surface area contributed by atoms with Gasteiger partial charge in [0.05, 0.1) is 24.3 Å². The van der Waals surface area contributed by atoms with Crippen LogP contribution in [-0.4, -0.2) is 38.9 Å². The zero-order valence-electron chi connectivity index (χ0n) is 17.3. The molecule has 0 radical (unpaired) electrons. The van der Waals surface area contributed by atoms with E-state index in [1.807, 2.05) is 30.3 Å². The summed E-state index contributed by atoms with van der Waals surface area (Å²) in [5.41, 5.74) is 1.93. The lowest BCUT2D eigenvalue weighted by Crippen LogP contribution is -2.11. The molecule has 0 unspecified atom stereocenters. The van der Waals surface area contributed by atoms with E-state index in [1.165, 1.54) is 12.7 Å². The van der Waals surface area contributed by atoms with Gasteiger partial charge in [0.1, 0.15) is 18.1 Å². The van der Waals surface area contributed by atoms with Gasteiger partial charge in [-0.1, -0.05) is 36.4 Å². The van der Waals surface area contributed by atoms with E-state index in [0.29, 0.717) is 35.8 Å². The Balaban J connectivity index is 1.53. The first kappa shape index (κ1) is 22.1. The van der Waals surface area contributed by atoms with Gasteiger partial charge in [-0.15, -0.1) is 0 Å². The molecule has 31 heavy (non-hydrogen) atoms.